The minimum Gasteiger partial charge on any atom is -1.00 e. The zero-order chi connectivity index (χ0) is 15.4. The van der Waals surface area contributed by atoms with Gasteiger partial charge in [-0.3, -0.25) is 4.90 Å². The first-order chi connectivity index (χ1) is 10.8. The lowest BCUT2D eigenvalue weighted by atomic mass is 9.81. The largest absolute Gasteiger partial charge is 1.00 e. The zero-order valence-corrected chi connectivity index (χ0v) is 17.1. The molecule has 0 unspecified atom stereocenters. The maximum absolute atomic E-state index is 2.58. The number of pyridine rings is 1. The zero-order valence-electron chi connectivity index (χ0n) is 14.9. The van der Waals surface area contributed by atoms with Crippen LogP contribution in [0.3, 0.4) is 0 Å². The van der Waals surface area contributed by atoms with Gasteiger partial charge in [-0.25, -0.2) is 4.57 Å². The molecule has 1 aromatic heterocycles. The monoisotopic (exact) mass is 428 g/mol. The third-order valence-electron chi connectivity index (χ3n) is 5.79. The molecule has 130 valence electrons. The average Bonchev–Trinajstić information content (AvgIpc) is 2.92. The fourth-order valence-electron chi connectivity index (χ4n) is 4.46. The van der Waals surface area contributed by atoms with Crippen LogP contribution in [0.15, 0.2) is 18.5 Å². The number of likely N-dealkylation sites (tertiary alicyclic amines) is 1. The highest BCUT2D eigenvalue weighted by Gasteiger charge is 2.38. The lowest BCUT2D eigenvalue weighted by Crippen LogP contribution is -3.00. The molecule has 0 aromatic carbocycles. The van der Waals surface area contributed by atoms with Crippen LogP contribution in [0.2, 0.25) is 0 Å². The Labute approximate surface area is 159 Å². The molecule has 2 aliphatic rings. The second kappa shape index (κ2) is 9.36. The van der Waals surface area contributed by atoms with Gasteiger partial charge >= 0.3 is 0 Å². The molecule has 3 heteroatoms. The molecule has 1 saturated heterocycles. The molecule has 2 heterocycles. The Morgan fingerprint density at radius 1 is 1.13 bits per heavy atom. The normalized spacial score (nSPS) is 23.2. The minimum absolute atomic E-state index is 0. The summed E-state index contributed by atoms with van der Waals surface area (Å²) in [4.78, 5) is 2.58. The third-order valence-corrected chi connectivity index (χ3v) is 5.79. The highest BCUT2D eigenvalue weighted by Crippen LogP contribution is 2.43. The van der Waals surface area contributed by atoms with Crippen molar-refractivity contribution in [1.29, 1.82) is 0 Å². The van der Waals surface area contributed by atoms with Gasteiger partial charge in [0, 0.05) is 24.1 Å². The van der Waals surface area contributed by atoms with Gasteiger partial charge in [-0.15, -0.1) is 0 Å². The Kier molecular flexibility index (Phi) is 7.80. The number of rotatable bonds is 7. The molecule has 0 N–H and O–H groups in total. The third kappa shape index (κ3) is 4.68. The van der Waals surface area contributed by atoms with Crippen molar-refractivity contribution in [2.24, 2.45) is 5.92 Å². The van der Waals surface area contributed by atoms with E-state index in [4.69, 9.17) is 0 Å². The van der Waals surface area contributed by atoms with Crippen LogP contribution in [-0.4, -0.2) is 18.5 Å². The van der Waals surface area contributed by atoms with Gasteiger partial charge in [0.25, 0.3) is 0 Å². The summed E-state index contributed by atoms with van der Waals surface area (Å²) in [5.74, 6) is 0.905. The van der Waals surface area contributed by atoms with Crippen LogP contribution < -0.4 is 28.5 Å². The van der Waals surface area contributed by atoms with Gasteiger partial charge in [0.15, 0.2) is 12.4 Å². The number of aryl methyl sites for hydroxylation is 2. The molecule has 1 aliphatic heterocycles. The molecule has 1 fully saturated rings. The van der Waals surface area contributed by atoms with E-state index in [0.29, 0.717) is 6.04 Å². The van der Waals surface area contributed by atoms with Gasteiger partial charge in [-0.1, -0.05) is 32.6 Å². The molecule has 2 atom stereocenters. The van der Waals surface area contributed by atoms with Crippen molar-refractivity contribution in [3.63, 3.8) is 0 Å². The second-order valence-corrected chi connectivity index (χ2v) is 7.44. The first kappa shape index (κ1) is 19.2. The van der Waals surface area contributed by atoms with Crippen LogP contribution in [0.25, 0.3) is 0 Å². The van der Waals surface area contributed by atoms with Crippen molar-refractivity contribution in [2.75, 3.05) is 13.6 Å². The number of halogens is 1. The second-order valence-electron chi connectivity index (χ2n) is 7.44. The molecule has 0 bridgehead atoms. The lowest BCUT2D eigenvalue weighted by molar-refractivity contribution is -0.698. The summed E-state index contributed by atoms with van der Waals surface area (Å²) in [6.45, 7) is 4.76. The maximum atomic E-state index is 2.58. The molecule has 0 spiro atoms. The van der Waals surface area contributed by atoms with Crippen molar-refractivity contribution in [1.82, 2.24) is 4.90 Å². The van der Waals surface area contributed by atoms with Crippen LogP contribution >= 0.6 is 0 Å². The van der Waals surface area contributed by atoms with Gasteiger partial charge in [-0.2, -0.15) is 0 Å². The first-order valence-electron chi connectivity index (χ1n) is 9.51. The Balaban J connectivity index is 0.00000192. The van der Waals surface area contributed by atoms with Crippen molar-refractivity contribution in [3.05, 3.63) is 29.6 Å². The Bertz CT molecular complexity index is 489. The molecular formula is C20H33IN2. The summed E-state index contributed by atoms with van der Waals surface area (Å²) in [5, 5.41) is 0. The van der Waals surface area contributed by atoms with E-state index >= 15 is 0 Å². The lowest BCUT2D eigenvalue weighted by Gasteiger charge is -2.30. The van der Waals surface area contributed by atoms with Crippen LogP contribution in [-0.2, 0) is 13.0 Å². The number of aromatic nitrogens is 1. The van der Waals surface area contributed by atoms with Crippen LogP contribution in [0.4, 0.5) is 0 Å². The Morgan fingerprint density at radius 3 is 2.74 bits per heavy atom. The summed E-state index contributed by atoms with van der Waals surface area (Å²) in [6, 6.07) is 3.09. The molecule has 1 aromatic rings. The SMILES string of the molecule is CCCCCCCC[n+]1ccc2c(c1)[C@H]1[C@@H](CC2)CCN1C.[I-]. The fraction of sp³-hybridized carbons (Fsp3) is 0.750. The smallest absolute Gasteiger partial charge is 0.173 e. The molecule has 1 aliphatic carbocycles. The molecule has 0 amide bonds. The molecule has 0 radical (unpaired) electrons. The van der Waals surface area contributed by atoms with E-state index in [2.05, 4.69) is 41.9 Å². The fourth-order valence-corrected chi connectivity index (χ4v) is 4.46. The van der Waals surface area contributed by atoms with Crippen molar-refractivity contribution >= 4 is 0 Å². The molecule has 2 nitrogen and oxygen atoms in total. The van der Waals surface area contributed by atoms with E-state index < -0.39 is 0 Å². The molecule has 23 heavy (non-hydrogen) atoms. The van der Waals surface area contributed by atoms with Crippen LogP contribution in [0.5, 0.6) is 0 Å². The van der Waals surface area contributed by atoms with E-state index in [1.807, 2.05) is 0 Å². The Hall–Kier alpha value is -0.160. The Morgan fingerprint density at radius 2 is 1.91 bits per heavy atom. The summed E-state index contributed by atoms with van der Waals surface area (Å²) in [7, 11) is 2.31. The standard InChI is InChI=1S/C20H33N2.HI/c1-3-4-5-6-7-8-13-22-15-12-17-9-10-18-11-14-21(2)20(18)19(17)16-22;/h12,15-16,18,20H,3-11,13-14H2,1-2H3;1H/q+1;/p-1/t18-,20+;/m0./s1. The van der Waals surface area contributed by atoms with E-state index in [9.17, 15) is 0 Å². The minimum atomic E-state index is 0. The summed E-state index contributed by atoms with van der Waals surface area (Å²) < 4.78 is 2.45. The molecule has 0 saturated carbocycles. The van der Waals surface area contributed by atoms with E-state index in [1.54, 1.807) is 11.1 Å². The molecule has 3 rings (SSSR count). The number of unbranched alkanes of at least 4 members (excludes halogenated alkanes) is 5. The number of fused-ring (bicyclic) bond motifs is 3. The van der Waals surface area contributed by atoms with E-state index in [0.717, 1.165) is 5.92 Å². The average molecular weight is 428 g/mol. The first-order valence-corrected chi connectivity index (χ1v) is 9.51. The maximum Gasteiger partial charge on any atom is 0.173 e. The highest BCUT2D eigenvalue weighted by molar-refractivity contribution is 5.29. The molecular weight excluding hydrogens is 395 g/mol. The highest BCUT2D eigenvalue weighted by atomic mass is 127. The number of hydrogen-bond donors (Lipinski definition) is 0. The quantitative estimate of drug-likeness (QED) is 0.361. The van der Waals surface area contributed by atoms with Gasteiger partial charge in [0.2, 0.25) is 0 Å². The summed E-state index contributed by atoms with van der Waals surface area (Å²) in [6.07, 6.45) is 17.2. The summed E-state index contributed by atoms with van der Waals surface area (Å²) in [5.41, 5.74) is 3.24. The van der Waals surface area contributed by atoms with E-state index in [-0.39, 0.29) is 24.0 Å². The topological polar surface area (TPSA) is 7.12 Å². The number of hydrogen-bond acceptors (Lipinski definition) is 1. The van der Waals surface area contributed by atoms with Gasteiger partial charge in [-0.05, 0) is 50.8 Å². The van der Waals surface area contributed by atoms with Crippen molar-refractivity contribution < 1.29 is 28.5 Å². The van der Waals surface area contributed by atoms with Gasteiger partial charge in [0.05, 0.1) is 0 Å². The predicted molar refractivity (Wildman–Crippen MR) is 91.8 cm³/mol. The van der Waals surface area contributed by atoms with Crippen molar-refractivity contribution in [2.45, 2.75) is 77.3 Å². The van der Waals surface area contributed by atoms with E-state index in [1.165, 1.54) is 70.9 Å². The van der Waals surface area contributed by atoms with Gasteiger partial charge < -0.3 is 24.0 Å². The number of nitrogens with zero attached hydrogens (tertiary/aromatic N) is 2. The summed E-state index contributed by atoms with van der Waals surface area (Å²) >= 11 is 0. The van der Waals surface area contributed by atoms with Crippen LogP contribution in [0, 0.1) is 5.92 Å². The van der Waals surface area contributed by atoms with Crippen molar-refractivity contribution in [3.8, 4) is 0 Å². The van der Waals surface area contributed by atoms with Crippen LogP contribution in [0.1, 0.15) is 75.5 Å². The van der Waals surface area contributed by atoms with Gasteiger partial charge in [0.1, 0.15) is 6.54 Å². The predicted octanol–water partition coefficient (Wildman–Crippen LogP) is 1.28.